The van der Waals surface area contributed by atoms with Crippen molar-refractivity contribution in [2.45, 2.75) is 52.4 Å². The van der Waals surface area contributed by atoms with Crippen molar-refractivity contribution in [1.29, 1.82) is 0 Å². The number of anilines is 2. The van der Waals surface area contributed by atoms with Gasteiger partial charge in [-0.15, -0.1) is 0 Å². The minimum atomic E-state index is -0.157. The number of aromatic nitrogens is 6. The number of H-pyrrole nitrogens is 2. The Balaban J connectivity index is 0.000000137. The Morgan fingerprint density at radius 3 is 1.69 bits per heavy atom. The number of rotatable bonds is 5. The van der Waals surface area contributed by atoms with Gasteiger partial charge in [0.1, 0.15) is 16.9 Å². The van der Waals surface area contributed by atoms with Gasteiger partial charge in [0.15, 0.2) is 5.82 Å². The number of aromatic amines is 2. The van der Waals surface area contributed by atoms with Crippen LogP contribution in [0.2, 0.25) is 0 Å². The van der Waals surface area contributed by atoms with E-state index < -0.39 is 0 Å². The Morgan fingerprint density at radius 1 is 0.709 bits per heavy atom. The number of amides is 3. The van der Waals surface area contributed by atoms with Gasteiger partial charge in [-0.05, 0) is 75.4 Å². The van der Waals surface area contributed by atoms with Crippen LogP contribution in [0.4, 0.5) is 11.6 Å². The van der Waals surface area contributed by atoms with Crippen LogP contribution in [-0.2, 0) is 22.4 Å². The predicted molar refractivity (Wildman–Crippen MR) is 210 cm³/mol. The van der Waals surface area contributed by atoms with Crippen molar-refractivity contribution in [1.82, 2.24) is 40.5 Å². The Hall–Kier alpha value is -6.15. The fourth-order valence-electron chi connectivity index (χ4n) is 6.65. The Labute approximate surface area is 320 Å². The number of carbonyl (C=O) groups excluding carboxylic acids is 4. The number of benzene rings is 2. The van der Waals surface area contributed by atoms with Crippen LogP contribution in [0.5, 0.6) is 0 Å². The van der Waals surface area contributed by atoms with E-state index >= 15 is 0 Å². The van der Waals surface area contributed by atoms with Crippen molar-refractivity contribution in [2.75, 3.05) is 24.1 Å². The summed E-state index contributed by atoms with van der Waals surface area (Å²) in [5.41, 5.74) is 17.0. The third-order valence-electron chi connectivity index (χ3n) is 10.1. The molecule has 10 rings (SSSR count). The van der Waals surface area contributed by atoms with E-state index in [4.69, 9.17) is 22.3 Å². The van der Waals surface area contributed by atoms with E-state index in [9.17, 15) is 19.2 Å². The zero-order chi connectivity index (χ0) is 38.4. The topological polar surface area (TPSA) is 214 Å². The molecule has 0 bridgehead atoms. The summed E-state index contributed by atoms with van der Waals surface area (Å²) in [4.78, 5) is 71.1. The second-order valence-electron chi connectivity index (χ2n) is 14.2. The number of nitrogen functional groups attached to an aromatic ring is 1. The molecule has 0 unspecified atom stereocenters. The van der Waals surface area contributed by atoms with Crippen molar-refractivity contribution in [3.8, 4) is 22.5 Å². The molecule has 6 aromatic rings. The van der Waals surface area contributed by atoms with Gasteiger partial charge in [-0.2, -0.15) is 0 Å². The molecule has 0 saturated heterocycles. The average Bonchev–Trinajstić information content (AvgIpc) is 4.11. The maximum absolute atomic E-state index is 12.2. The van der Waals surface area contributed by atoms with Gasteiger partial charge < -0.3 is 31.7 Å². The molecule has 2 fully saturated rings. The van der Waals surface area contributed by atoms with Gasteiger partial charge in [0.2, 0.25) is 11.1 Å². The predicted octanol–water partition coefficient (Wildman–Crippen LogP) is 5.53. The molecule has 14 nitrogen and oxygen atoms in total. The minimum absolute atomic E-state index is 0.0104. The van der Waals surface area contributed by atoms with E-state index in [-0.39, 0.29) is 34.8 Å². The number of carbonyl (C=O) groups is 4. The van der Waals surface area contributed by atoms with Crippen LogP contribution in [0.25, 0.3) is 44.6 Å². The number of nitrogens with one attached hydrogen (secondary N) is 5. The number of fused-ring (bicyclic) bond motifs is 4. The largest absolute Gasteiger partial charge is 0.382 e. The molecule has 2 aliphatic heterocycles. The molecule has 0 atom stereocenters. The standard InChI is InChI=1S/C20H19N5O2.C16H15N5O.C4H5ClO/c1-10-18(25-19(26)11-5-6-11)24-17-12(3-2-4-15(17)22-10)16-9-13-14(23-16)7-8-21-20(13)27;1-8-15(17)21-14-9(3-2-4-12(14)19-8)13-7-10-11(20-13)5-6-18-16(10)22;5-4(6)3-1-2-3/h2-4,9,11,23H,5-8H2,1H3,(H,21,27)(H,24,25,26);2-4,7,20H,5-6H2,1H3,(H2,17,21)(H,18,22);3H,1-2H2. The van der Waals surface area contributed by atoms with Gasteiger partial charge in [0.05, 0.1) is 33.5 Å². The SMILES string of the molecule is Cc1nc2cccc(-c3cc4c([nH]3)CCNC4=O)c2nc1N.Cc1nc2cccc(-c3cc4c([nH]3)CCNC4=O)c2nc1NC(=O)C1CC1.O=C(Cl)C1CC1. The van der Waals surface area contributed by atoms with Gasteiger partial charge in [0, 0.05) is 71.7 Å². The van der Waals surface area contributed by atoms with Crippen molar-refractivity contribution in [2.24, 2.45) is 11.8 Å². The summed E-state index contributed by atoms with van der Waals surface area (Å²) in [5, 5.41) is 8.46. The molecule has 4 aromatic heterocycles. The van der Waals surface area contributed by atoms with Gasteiger partial charge in [-0.1, -0.05) is 24.3 Å². The molecule has 4 aliphatic rings. The van der Waals surface area contributed by atoms with Crippen LogP contribution in [0.15, 0.2) is 48.5 Å². The molecule has 3 amide bonds. The molecule has 2 aromatic carbocycles. The van der Waals surface area contributed by atoms with Crippen LogP contribution in [0.1, 0.15) is 69.2 Å². The first-order valence-electron chi connectivity index (χ1n) is 18.4. The van der Waals surface area contributed by atoms with E-state index in [1.165, 1.54) is 0 Å². The molecule has 2 aliphatic carbocycles. The summed E-state index contributed by atoms with van der Waals surface area (Å²) in [6, 6.07) is 15.3. The number of nitrogens with two attached hydrogens (primary N) is 1. The molecule has 55 heavy (non-hydrogen) atoms. The highest BCUT2D eigenvalue weighted by atomic mass is 35.5. The van der Waals surface area contributed by atoms with Crippen LogP contribution in [0, 0.1) is 25.7 Å². The zero-order valence-electron chi connectivity index (χ0n) is 30.3. The average molecular weight is 759 g/mol. The van der Waals surface area contributed by atoms with Crippen molar-refractivity contribution >= 4 is 68.3 Å². The van der Waals surface area contributed by atoms with E-state index in [0.29, 0.717) is 47.1 Å². The van der Waals surface area contributed by atoms with Crippen LogP contribution < -0.4 is 21.7 Å². The van der Waals surface area contributed by atoms with Crippen molar-refractivity contribution in [3.05, 3.63) is 82.4 Å². The smallest absolute Gasteiger partial charge is 0.253 e. The Bertz CT molecular complexity index is 2530. The van der Waals surface area contributed by atoms with Crippen LogP contribution in [-0.4, -0.2) is 66.0 Å². The molecule has 280 valence electrons. The van der Waals surface area contributed by atoms with Gasteiger partial charge in [0.25, 0.3) is 11.8 Å². The van der Waals surface area contributed by atoms with E-state index in [1.54, 1.807) is 0 Å². The monoisotopic (exact) mass is 758 g/mol. The Kier molecular flexibility index (Phi) is 9.51. The number of nitrogens with zero attached hydrogens (tertiary/aromatic N) is 4. The maximum atomic E-state index is 12.2. The van der Waals surface area contributed by atoms with Gasteiger partial charge in [-0.25, -0.2) is 19.9 Å². The number of para-hydroxylation sites is 2. The lowest BCUT2D eigenvalue weighted by Gasteiger charge is -2.11. The third-order valence-corrected chi connectivity index (χ3v) is 10.4. The normalized spacial score (nSPS) is 15.8. The number of aryl methyl sites for hydroxylation is 2. The number of hydrogen-bond acceptors (Lipinski definition) is 9. The first-order chi connectivity index (χ1) is 26.5. The molecule has 0 radical (unpaired) electrons. The lowest BCUT2D eigenvalue weighted by Crippen LogP contribution is -2.31. The third kappa shape index (κ3) is 7.49. The fraction of sp³-hybridized carbons (Fsp3) is 0.300. The minimum Gasteiger partial charge on any atom is -0.382 e. The summed E-state index contributed by atoms with van der Waals surface area (Å²) in [6.07, 6.45) is 5.49. The molecule has 6 heterocycles. The van der Waals surface area contributed by atoms with Crippen molar-refractivity contribution in [3.63, 3.8) is 0 Å². The van der Waals surface area contributed by atoms with E-state index in [1.807, 2.05) is 62.4 Å². The van der Waals surface area contributed by atoms with Crippen LogP contribution in [0.3, 0.4) is 0 Å². The quantitative estimate of drug-likeness (QED) is 0.122. The second-order valence-corrected chi connectivity index (χ2v) is 14.6. The number of halogens is 1. The Morgan fingerprint density at radius 2 is 1.22 bits per heavy atom. The lowest BCUT2D eigenvalue weighted by atomic mass is 10.1. The molecule has 15 heteroatoms. The molecular formula is C40H39ClN10O4. The van der Waals surface area contributed by atoms with Gasteiger partial charge >= 0.3 is 0 Å². The highest BCUT2D eigenvalue weighted by Crippen LogP contribution is 2.34. The van der Waals surface area contributed by atoms with Crippen molar-refractivity contribution < 1.29 is 19.2 Å². The summed E-state index contributed by atoms with van der Waals surface area (Å²) < 4.78 is 0. The first kappa shape index (κ1) is 35.9. The molecular weight excluding hydrogens is 720 g/mol. The van der Waals surface area contributed by atoms with Crippen LogP contribution >= 0.6 is 11.6 Å². The second kappa shape index (κ2) is 14.6. The molecule has 2 saturated carbocycles. The van der Waals surface area contributed by atoms with E-state index in [0.717, 1.165) is 94.7 Å². The lowest BCUT2D eigenvalue weighted by molar-refractivity contribution is -0.117. The fourth-order valence-corrected chi connectivity index (χ4v) is 6.87. The zero-order valence-corrected chi connectivity index (χ0v) is 31.1. The van der Waals surface area contributed by atoms with E-state index in [2.05, 4.69) is 40.9 Å². The summed E-state index contributed by atoms with van der Waals surface area (Å²) in [6.45, 7) is 4.98. The summed E-state index contributed by atoms with van der Waals surface area (Å²) in [5.74, 6) is 1.17. The highest BCUT2D eigenvalue weighted by molar-refractivity contribution is 6.64. The van der Waals surface area contributed by atoms with Gasteiger partial charge in [-0.3, -0.25) is 19.2 Å². The summed E-state index contributed by atoms with van der Waals surface area (Å²) in [7, 11) is 0. The summed E-state index contributed by atoms with van der Waals surface area (Å²) >= 11 is 5.04. The molecule has 7 N–H and O–H groups in total. The number of hydrogen-bond donors (Lipinski definition) is 6. The first-order valence-corrected chi connectivity index (χ1v) is 18.7. The highest BCUT2D eigenvalue weighted by Gasteiger charge is 2.31. The molecule has 0 spiro atoms. The maximum Gasteiger partial charge on any atom is 0.253 e.